The molecule has 0 bridgehead atoms. The summed E-state index contributed by atoms with van der Waals surface area (Å²) in [5, 5.41) is 6.38. The van der Waals surface area contributed by atoms with Crippen molar-refractivity contribution in [1.29, 1.82) is 0 Å². The Morgan fingerprint density at radius 3 is 3.10 bits per heavy atom. The summed E-state index contributed by atoms with van der Waals surface area (Å²) in [5.41, 5.74) is 2.39. The van der Waals surface area contributed by atoms with E-state index in [0.29, 0.717) is 6.61 Å². The van der Waals surface area contributed by atoms with Gasteiger partial charge in [-0.25, -0.2) is 0 Å². The Labute approximate surface area is 125 Å². The number of amides is 1. The van der Waals surface area contributed by atoms with Gasteiger partial charge in [0, 0.05) is 6.54 Å². The average Bonchev–Trinajstić information content (AvgIpc) is 2.91. The van der Waals surface area contributed by atoms with Crippen molar-refractivity contribution in [3.05, 3.63) is 29.3 Å². The van der Waals surface area contributed by atoms with Gasteiger partial charge in [0.1, 0.15) is 11.8 Å². The molecule has 5 nitrogen and oxygen atoms in total. The summed E-state index contributed by atoms with van der Waals surface area (Å²) in [6.07, 6.45) is 1.77. The number of ether oxygens (including phenoxy) is 2. The second-order valence-corrected chi connectivity index (χ2v) is 5.64. The highest BCUT2D eigenvalue weighted by Crippen LogP contribution is 2.36. The molecule has 0 radical (unpaired) electrons. The molecule has 1 aliphatic carbocycles. The molecule has 21 heavy (non-hydrogen) atoms. The van der Waals surface area contributed by atoms with Crippen molar-refractivity contribution < 1.29 is 14.3 Å². The van der Waals surface area contributed by atoms with Gasteiger partial charge in [0.05, 0.1) is 25.9 Å². The highest BCUT2D eigenvalue weighted by atomic mass is 16.5. The summed E-state index contributed by atoms with van der Waals surface area (Å²) in [5.74, 6) is 0.930. The highest BCUT2D eigenvalue weighted by Gasteiger charge is 2.32. The number of carbonyl (C=O) groups excluding carboxylic acids is 1. The first-order chi connectivity index (χ1) is 10.2. The van der Waals surface area contributed by atoms with E-state index in [9.17, 15) is 4.79 Å². The zero-order chi connectivity index (χ0) is 14.8. The lowest BCUT2D eigenvalue weighted by atomic mass is 10.1. The van der Waals surface area contributed by atoms with Crippen molar-refractivity contribution in [3.63, 3.8) is 0 Å². The lowest BCUT2D eigenvalue weighted by Crippen LogP contribution is -2.55. The summed E-state index contributed by atoms with van der Waals surface area (Å²) in [6.45, 7) is 3.31. The van der Waals surface area contributed by atoms with E-state index in [4.69, 9.17) is 9.47 Å². The van der Waals surface area contributed by atoms with Gasteiger partial charge in [-0.2, -0.15) is 0 Å². The first-order valence-corrected chi connectivity index (χ1v) is 7.52. The van der Waals surface area contributed by atoms with Crippen LogP contribution in [0.3, 0.4) is 0 Å². The summed E-state index contributed by atoms with van der Waals surface area (Å²) in [4.78, 5) is 12.4. The summed E-state index contributed by atoms with van der Waals surface area (Å²) < 4.78 is 10.9. The monoisotopic (exact) mass is 290 g/mol. The quantitative estimate of drug-likeness (QED) is 0.877. The molecule has 3 atom stereocenters. The Bertz CT molecular complexity index is 532. The van der Waals surface area contributed by atoms with Gasteiger partial charge in [-0.05, 0) is 37.0 Å². The van der Waals surface area contributed by atoms with E-state index in [0.717, 1.165) is 25.1 Å². The van der Waals surface area contributed by atoms with Crippen LogP contribution in [-0.2, 0) is 16.0 Å². The molecule has 3 rings (SSSR count). The van der Waals surface area contributed by atoms with E-state index in [1.54, 1.807) is 7.11 Å². The lowest BCUT2D eigenvalue weighted by molar-refractivity contribution is -0.129. The van der Waals surface area contributed by atoms with Crippen molar-refractivity contribution in [2.45, 2.75) is 38.0 Å². The van der Waals surface area contributed by atoms with E-state index in [1.165, 1.54) is 11.1 Å². The molecule has 0 spiro atoms. The van der Waals surface area contributed by atoms with Gasteiger partial charge in [0.15, 0.2) is 0 Å². The molecule has 1 aromatic rings. The van der Waals surface area contributed by atoms with Crippen molar-refractivity contribution in [2.24, 2.45) is 0 Å². The smallest absolute Gasteiger partial charge is 0.240 e. The minimum absolute atomic E-state index is 0.0165. The van der Waals surface area contributed by atoms with E-state index in [1.807, 2.05) is 19.1 Å². The average molecular weight is 290 g/mol. The fourth-order valence-electron chi connectivity index (χ4n) is 3.25. The van der Waals surface area contributed by atoms with Crippen LogP contribution in [0.25, 0.3) is 0 Å². The number of hydrogen-bond donors (Lipinski definition) is 2. The van der Waals surface area contributed by atoms with Crippen LogP contribution >= 0.6 is 0 Å². The van der Waals surface area contributed by atoms with Crippen LogP contribution in [-0.4, -0.2) is 38.3 Å². The van der Waals surface area contributed by atoms with Gasteiger partial charge >= 0.3 is 0 Å². The predicted octanol–water partition coefficient (Wildman–Crippen LogP) is 1.18. The maximum atomic E-state index is 12.4. The number of rotatable bonds is 3. The number of carbonyl (C=O) groups is 1. The zero-order valence-electron chi connectivity index (χ0n) is 12.5. The molecule has 1 fully saturated rings. The van der Waals surface area contributed by atoms with Gasteiger partial charge in [-0.3, -0.25) is 4.79 Å². The van der Waals surface area contributed by atoms with Gasteiger partial charge in [-0.15, -0.1) is 0 Å². The third-order valence-corrected chi connectivity index (χ3v) is 4.36. The maximum absolute atomic E-state index is 12.4. The first-order valence-electron chi connectivity index (χ1n) is 7.52. The topological polar surface area (TPSA) is 59.6 Å². The van der Waals surface area contributed by atoms with Crippen LogP contribution in [0.2, 0.25) is 0 Å². The van der Waals surface area contributed by atoms with Crippen molar-refractivity contribution in [3.8, 4) is 5.75 Å². The molecule has 1 heterocycles. The van der Waals surface area contributed by atoms with Crippen LogP contribution in [0, 0.1) is 0 Å². The van der Waals surface area contributed by atoms with Crippen molar-refractivity contribution >= 4 is 5.91 Å². The van der Waals surface area contributed by atoms with Crippen molar-refractivity contribution in [2.75, 3.05) is 20.3 Å². The molecule has 2 N–H and O–H groups in total. The minimum Gasteiger partial charge on any atom is -0.496 e. The number of benzene rings is 1. The van der Waals surface area contributed by atoms with E-state index >= 15 is 0 Å². The molecule has 0 saturated carbocycles. The second-order valence-electron chi connectivity index (χ2n) is 5.64. The van der Waals surface area contributed by atoms with Crippen molar-refractivity contribution in [1.82, 2.24) is 10.6 Å². The number of nitrogens with one attached hydrogen (secondary N) is 2. The molecule has 5 heteroatoms. The molecule has 1 unspecified atom stereocenters. The molecule has 1 saturated heterocycles. The number of hydrogen-bond acceptors (Lipinski definition) is 4. The van der Waals surface area contributed by atoms with Gasteiger partial charge < -0.3 is 20.1 Å². The van der Waals surface area contributed by atoms with Crippen LogP contribution < -0.4 is 15.4 Å². The highest BCUT2D eigenvalue weighted by molar-refractivity contribution is 5.83. The molecule has 1 aromatic carbocycles. The summed E-state index contributed by atoms with van der Waals surface area (Å²) in [6, 6.07) is 5.82. The summed E-state index contributed by atoms with van der Waals surface area (Å²) in [7, 11) is 1.69. The third-order valence-electron chi connectivity index (χ3n) is 4.36. The van der Waals surface area contributed by atoms with E-state index < -0.39 is 0 Å². The molecular formula is C16H22N2O3. The van der Waals surface area contributed by atoms with Crippen LogP contribution in [0.15, 0.2) is 18.2 Å². The molecule has 1 amide bonds. The number of fused-ring (bicyclic) bond motifs is 1. The minimum atomic E-state index is -0.270. The fraction of sp³-hybridized carbons (Fsp3) is 0.562. The van der Waals surface area contributed by atoms with Crippen LogP contribution in [0.4, 0.5) is 0 Å². The fourth-order valence-corrected chi connectivity index (χ4v) is 3.25. The SMILES string of the molecule is COc1cccc2c1CCC2NC(=O)[C@H]1NCCO[C@@H]1C. The van der Waals surface area contributed by atoms with Crippen LogP contribution in [0.1, 0.15) is 30.5 Å². The predicted molar refractivity (Wildman–Crippen MR) is 79.4 cm³/mol. The van der Waals surface area contributed by atoms with Crippen LogP contribution in [0.5, 0.6) is 5.75 Å². The first kappa shape index (κ1) is 14.4. The van der Waals surface area contributed by atoms with E-state index in [2.05, 4.69) is 16.7 Å². The third kappa shape index (κ3) is 2.76. The zero-order valence-corrected chi connectivity index (χ0v) is 12.5. The van der Waals surface area contributed by atoms with E-state index in [-0.39, 0.29) is 24.1 Å². The number of morpholine rings is 1. The Morgan fingerprint density at radius 2 is 2.33 bits per heavy atom. The molecule has 0 aromatic heterocycles. The lowest BCUT2D eigenvalue weighted by Gasteiger charge is -2.30. The van der Waals surface area contributed by atoms with Gasteiger partial charge in [0.2, 0.25) is 5.91 Å². The van der Waals surface area contributed by atoms with Gasteiger partial charge in [0.25, 0.3) is 0 Å². The maximum Gasteiger partial charge on any atom is 0.240 e. The second kappa shape index (κ2) is 6.03. The molecule has 2 aliphatic rings. The molecular weight excluding hydrogens is 268 g/mol. The molecule has 1 aliphatic heterocycles. The Balaban J connectivity index is 1.72. The Morgan fingerprint density at radius 1 is 1.48 bits per heavy atom. The Hall–Kier alpha value is -1.59. The standard InChI is InChI=1S/C16H22N2O3/c1-10-15(17-8-9-21-10)16(19)18-13-7-6-12-11(13)4-3-5-14(12)20-2/h3-5,10,13,15,17H,6-9H2,1-2H3,(H,18,19)/t10-,13?,15+/m1/s1. The molecule has 114 valence electrons. The summed E-state index contributed by atoms with van der Waals surface area (Å²) >= 11 is 0. The largest absolute Gasteiger partial charge is 0.496 e. The normalized spacial score (nSPS) is 28.0. The Kier molecular flexibility index (Phi) is 4.12. The van der Waals surface area contributed by atoms with Gasteiger partial charge in [-0.1, -0.05) is 12.1 Å². The number of methoxy groups -OCH3 is 1.